The van der Waals surface area contributed by atoms with Crippen LogP contribution in [0.3, 0.4) is 0 Å². The molecule has 3 heterocycles. The monoisotopic (exact) mass is 400 g/mol. The SMILES string of the molecule is COc1ccc(S(=O)(=O)N2CC[C@@H](c3nnc(-c4ccc(C)nc4)o3)C2)cc1. The number of pyridine rings is 1. The summed E-state index contributed by atoms with van der Waals surface area (Å²) in [6.45, 7) is 2.62. The lowest BCUT2D eigenvalue weighted by molar-refractivity contribution is 0.414. The molecule has 0 N–H and O–H groups in total. The van der Waals surface area contributed by atoms with E-state index < -0.39 is 10.0 Å². The van der Waals surface area contributed by atoms with E-state index in [2.05, 4.69) is 15.2 Å². The number of hydrogen-bond acceptors (Lipinski definition) is 7. The maximum atomic E-state index is 12.9. The quantitative estimate of drug-likeness (QED) is 0.649. The number of nitrogens with zero attached hydrogens (tertiary/aromatic N) is 4. The number of sulfonamides is 1. The fourth-order valence-electron chi connectivity index (χ4n) is 3.16. The Hall–Kier alpha value is -2.78. The first-order chi connectivity index (χ1) is 13.5. The van der Waals surface area contributed by atoms with Gasteiger partial charge in [0.1, 0.15) is 5.75 Å². The summed E-state index contributed by atoms with van der Waals surface area (Å²) in [7, 11) is -2.04. The second-order valence-electron chi connectivity index (χ2n) is 6.66. The molecule has 1 atom stereocenters. The first-order valence-electron chi connectivity index (χ1n) is 8.88. The zero-order chi connectivity index (χ0) is 19.7. The van der Waals surface area contributed by atoms with Crippen LogP contribution in [-0.4, -0.2) is 48.1 Å². The molecule has 0 bridgehead atoms. The van der Waals surface area contributed by atoms with Crippen LogP contribution >= 0.6 is 0 Å². The maximum Gasteiger partial charge on any atom is 0.249 e. The second-order valence-corrected chi connectivity index (χ2v) is 8.60. The van der Waals surface area contributed by atoms with E-state index in [9.17, 15) is 8.42 Å². The molecule has 0 aliphatic carbocycles. The summed E-state index contributed by atoms with van der Waals surface area (Å²) in [5, 5.41) is 8.21. The molecule has 1 aromatic carbocycles. The van der Waals surface area contributed by atoms with E-state index in [0.29, 0.717) is 37.0 Å². The average Bonchev–Trinajstić information content (AvgIpc) is 3.38. The highest BCUT2D eigenvalue weighted by atomic mass is 32.2. The van der Waals surface area contributed by atoms with Gasteiger partial charge < -0.3 is 9.15 Å². The molecule has 0 radical (unpaired) electrons. The molecular formula is C19H20N4O4S. The molecule has 0 saturated carbocycles. The van der Waals surface area contributed by atoms with Gasteiger partial charge in [0.15, 0.2) is 0 Å². The summed E-state index contributed by atoms with van der Waals surface area (Å²) < 4.78 is 38.1. The number of aryl methyl sites for hydroxylation is 1. The third kappa shape index (κ3) is 3.50. The van der Waals surface area contributed by atoms with E-state index in [1.807, 2.05) is 19.1 Å². The van der Waals surface area contributed by atoms with Gasteiger partial charge in [0.25, 0.3) is 0 Å². The van der Waals surface area contributed by atoms with Crippen molar-refractivity contribution in [1.82, 2.24) is 19.5 Å². The third-order valence-electron chi connectivity index (χ3n) is 4.80. The van der Waals surface area contributed by atoms with E-state index in [0.717, 1.165) is 11.3 Å². The first-order valence-corrected chi connectivity index (χ1v) is 10.3. The molecule has 0 spiro atoms. The molecule has 1 aliphatic heterocycles. The van der Waals surface area contributed by atoms with Crippen molar-refractivity contribution in [2.45, 2.75) is 24.2 Å². The van der Waals surface area contributed by atoms with Crippen molar-refractivity contribution >= 4 is 10.0 Å². The molecular weight excluding hydrogens is 380 g/mol. The van der Waals surface area contributed by atoms with E-state index in [4.69, 9.17) is 9.15 Å². The molecule has 4 rings (SSSR count). The molecule has 1 saturated heterocycles. The van der Waals surface area contributed by atoms with Crippen molar-refractivity contribution in [3.63, 3.8) is 0 Å². The molecule has 8 nitrogen and oxygen atoms in total. The Bertz CT molecular complexity index is 1060. The number of rotatable bonds is 5. The number of methoxy groups -OCH3 is 1. The smallest absolute Gasteiger partial charge is 0.249 e. The van der Waals surface area contributed by atoms with Crippen LogP contribution in [0.2, 0.25) is 0 Å². The van der Waals surface area contributed by atoms with Crippen LogP contribution in [0.25, 0.3) is 11.5 Å². The molecule has 3 aromatic rings. The molecule has 0 unspecified atom stereocenters. The van der Waals surface area contributed by atoms with Crippen molar-refractivity contribution in [3.05, 3.63) is 54.2 Å². The lowest BCUT2D eigenvalue weighted by Crippen LogP contribution is -2.28. The fraction of sp³-hybridized carbons (Fsp3) is 0.316. The van der Waals surface area contributed by atoms with Crippen LogP contribution in [0.15, 0.2) is 51.9 Å². The number of hydrogen-bond donors (Lipinski definition) is 0. The van der Waals surface area contributed by atoms with Gasteiger partial charge in [0.2, 0.25) is 21.8 Å². The minimum atomic E-state index is -3.58. The van der Waals surface area contributed by atoms with Crippen molar-refractivity contribution in [2.24, 2.45) is 0 Å². The zero-order valence-corrected chi connectivity index (χ0v) is 16.4. The van der Waals surface area contributed by atoms with Crippen molar-refractivity contribution in [3.8, 4) is 17.2 Å². The fourth-order valence-corrected chi connectivity index (χ4v) is 4.66. The van der Waals surface area contributed by atoms with Gasteiger partial charge in [-0.25, -0.2) is 8.42 Å². The van der Waals surface area contributed by atoms with Crippen molar-refractivity contribution in [2.75, 3.05) is 20.2 Å². The van der Waals surface area contributed by atoms with E-state index >= 15 is 0 Å². The summed E-state index contributed by atoms with van der Waals surface area (Å²) in [5.41, 5.74) is 1.64. The molecule has 0 amide bonds. The van der Waals surface area contributed by atoms with Crippen LogP contribution < -0.4 is 4.74 Å². The Morgan fingerprint density at radius 2 is 1.93 bits per heavy atom. The number of aromatic nitrogens is 3. The largest absolute Gasteiger partial charge is 0.497 e. The van der Waals surface area contributed by atoms with E-state index in [-0.39, 0.29) is 10.8 Å². The van der Waals surface area contributed by atoms with Gasteiger partial charge in [-0.2, -0.15) is 4.31 Å². The summed E-state index contributed by atoms with van der Waals surface area (Å²) in [6, 6.07) is 10.1. The molecule has 9 heteroatoms. The summed E-state index contributed by atoms with van der Waals surface area (Å²) >= 11 is 0. The topological polar surface area (TPSA) is 98.4 Å². The summed E-state index contributed by atoms with van der Waals surface area (Å²) in [4.78, 5) is 4.47. The van der Waals surface area contributed by atoms with Crippen molar-refractivity contribution < 1.29 is 17.6 Å². The number of benzene rings is 1. The summed E-state index contributed by atoms with van der Waals surface area (Å²) in [5.74, 6) is 1.32. The highest BCUT2D eigenvalue weighted by Crippen LogP contribution is 2.32. The van der Waals surface area contributed by atoms with Crippen LogP contribution in [-0.2, 0) is 10.0 Å². The van der Waals surface area contributed by atoms with Gasteiger partial charge in [-0.3, -0.25) is 4.98 Å². The van der Waals surface area contributed by atoms with Gasteiger partial charge in [-0.05, 0) is 49.7 Å². The Balaban J connectivity index is 1.50. The number of ether oxygens (including phenoxy) is 1. The first kappa shape index (κ1) is 18.6. The molecule has 1 fully saturated rings. The minimum absolute atomic E-state index is 0.132. The molecule has 1 aliphatic rings. The standard InChI is InChI=1S/C19H20N4O4S/c1-13-3-4-14(11-20-13)18-21-22-19(27-18)15-9-10-23(12-15)28(24,25)17-7-5-16(26-2)6-8-17/h3-8,11,15H,9-10,12H2,1-2H3/t15-/m1/s1. The predicted molar refractivity (Wildman–Crippen MR) is 101 cm³/mol. The molecule has 28 heavy (non-hydrogen) atoms. The molecule has 146 valence electrons. The van der Waals surface area contributed by atoms with Gasteiger partial charge >= 0.3 is 0 Å². The highest BCUT2D eigenvalue weighted by Gasteiger charge is 2.35. The van der Waals surface area contributed by atoms with Crippen LogP contribution in [0, 0.1) is 6.92 Å². The van der Waals surface area contributed by atoms with E-state index in [1.54, 1.807) is 37.6 Å². The zero-order valence-electron chi connectivity index (χ0n) is 15.6. The molecule has 2 aromatic heterocycles. The Kier molecular flexibility index (Phi) is 4.86. The average molecular weight is 400 g/mol. The Morgan fingerprint density at radius 3 is 2.61 bits per heavy atom. The highest BCUT2D eigenvalue weighted by molar-refractivity contribution is 7.89. The van der Waals surface area contributed by atoms with Gasteiger partial charge in [-0.15, -0.1) is 10.2 Å². The minimum Gasteiger partial charge on any atom is -0.497 e. The second kappa shape index (κ2) is 7.33. The van der Waals surface area contributed by atoms with Gasteiger partial charge in [-0.1, -0.05) is 0 Å². The van der Waals surface area contributed by atoms with Crippen molar-refractivity contribution in [1.29, 1.82) is 0 Å². The predicted octanol–water partition coefficient (Wildman–Crippen LogP) is 2.63. The van der Waals surface area contributed by atoms with Gasteiger partial charge in [0, 0.05) is 25.0 Å². The van der Waals surface area contributed by atoms with Crippen LogP contribution in [0.4, 0.5) is 0 Å². The van der Waals surface area contributed by atoms with E-state index in [1.165, 1.54) is 4.31 Å². The van der Waals surface area contributed by atoms with Crippen LogP contribution in [0.1, 0.15) is 23.9 Å². The Morgan fingerprint density at radius 1 is 1.14 bits per heavy atom. The third-order valence-corrected chi connectivity index (χ3v) is 6.68. The lowest BCUT2D eigenvalue weighted by atomic mass is 10.1. The maximum absolute atomic E-state index is 12.9. The normalized spacial score (nSPS) is 17.7. The Labute approximate surface area is 163 Å². The summed E-state index contributed by atoms with van der Waals surface area (Å²) in [6.07, 6.45) is 2.31. The van der Waals surface area contributed by atoms with Crippen LogP contribution in [0.5, 0.6) is 5.75 Å². The van der Waals surface area contributed by atoms with Gasteiger partial charge in [0.05, 0.1) is 23.5 Å². The lowest BCUT2D eigenvalue weighted by Gasteiger charge is -2.16.